The van der Waals surface area contributed by atoms with Crippen LogP contribution in [0.1, 0.15) is 60.3 Å². The van der Waals surface area contributed by atoms with E-state index in [1.54, 1.807) is 0 Å². The SMILES string of the molecule is O=C(NS(=O)(=O)C[C@@H]1CCCCO1)c1noc2c1CCCCC2. The van der Waals surface area contributed by atoms with Crippen LogP contribution in [0.5, 0.6) is 0 Å². The molecule has 0 aromatic carbocycles. The third-order valence-electron chi connectivity index (χ3n) is 4.34. The molecule has 1 aromatic rings. The molecule has 1 amide bonds. The maximum absolute atomic E-state index is 12.3. The van der Waals surface area contributed by atoms with Crippen molar-refractivity contribution in [2.45, 2.75) is 57.5 Å². The Morgan fingerprint density at radius 2 is 2.00 bits per heavy atom. The molecule has 1 aromatic heterocycles. The summed E-state index contributed by atoms with van der Waals surface area (Å²) in [6, 6.07) is 0. The van der Waals surface area contributed by atoms with E-state index >= 15 is 0 Å². The number of aryl methyl sites for hydroxylation is 1. The summed E-state index contributed by atoms with van der Waals surface area (Å²) in [7, 11) is -3.75. The zero-order valence-corrected chi connectivity index (χ0v) is 13.9. The van der Waals surface area contributed by atoms with Gasteiger partial charge in [-0.05, 0) is 38.5 Å². The highest BCUT2D eigenvalue weighted by atomic mass is 32.2. The molecule has 0 bridgehead atoms. The molecule has 3 rings (SSSR count). The predicted octanol–water partition coefficient (Wildman–Crippen LogP) is 1.57. The lowest BCUT2D eigenvalue weighted by molar-refractivity contribution is 0.0304. The number of fused-ring (bicyclic) bond motifs is 1. The van der Waals surface area contributed by atoms with Gasteiger partial charge < -0.3 is 9.26 Å². The van der Waals surface area contributed by atoms with Crippen LogP contribution in [0.15, 0.2) is 4.52 Å². The van der Waals surface area contributed by atoms with E-state index in [0.717, 1.165) is 44.1 Å². The second kappa shape index (κ2) is 7.00. The van der Waals surface area contributed by atoms with E-state index in [-0.39, 0.29) is 17.6 Å². The summed E-state index contributed by atoms with van der Waals surface area (Å²) >= 11 is 0. The van der Waals surface area contributed by atoms with Gasteiger partial charge in [0.1, 0.15) is 5.76 Å². The van der Waals surface area contributed by atoms with Crippen molar-refractivity contribution < 1.29 is 22.5 Å². The molecule has 2 aliphatic rings. The molecule has 1 fully saturated rings. The van der Waals surface area contributed by atoms with E-state index in [9.17, 15) is 13.2 Å². The Balaban J connectivity index is 1.67. The molecule has 1 aliphatic carbocycles. The van der Waals surface area contributed by atoms with Crippen molar-refractivity contribution in [3.05, 3.63) is 17.0 Å². The van der Waals surface area contributed by atoms with Gasteiger partial charge in [0, 0.05) is 18.6 Å². The second-order valence-corrected chi connectivity index (χ2v) is 7.96. The van der Waals surface area contributed by atoms with Crippen LogP contribution in [0, 0.1) is 0 Å². The van der Waals surface area contributed by atoms with Crippen molar-refractivity contribution in [2.24, 2.45) is 0 Å². The number of nitrogens with zero attached hydrogens (tertiary/aromatic N) is 1. The van der Waals surface area contributed by atoms with Gasteiger partial charge in [-0.15, -0.1) is 0 Å². The first kappa shape index (κ1) is 16.4. The molecule has 1 N–H and O–H groups in total. The molecule has 0 saturated carbocycles. The minimum Gasteiger partial charge on any atom is -0.377 e. The number of aromatic nitrogens is 1. The number of sulfonamides is 1. The number of amides is 1. The van der Waals surface area contributed by atoms with Crippen LogP contribution < -0.4 is 4.72 Å². The van der Waals surface area contributed by atoms with Crippen molar-refractivity contribution in [2.75, 3.05) is 12.4 Å². The van der Waals surface area contributed by atoms with Gasteiger partial charge >= 0.3 is 0 Å². The molecule has 1 saturated heterocycles. The first-order valence-electron chi connectivity index (χ1n) is 8.19. The maximum atomic E-state index is 12.3. The van der Waals surface area contributed by atoms with Gasteiger partial charge in [0.25, 0.3) is 5.91 Å². The van der Waals surface area contributed by atoms with Crippen LogP contribution in [-0.4, -0.2) is 37.9 Å². The van der Waals surface area contributed by atoms with Crippen LogP contribution in [0.4, 0.5) is 0 Å². The molecule has 7 nitrogen and oxygen atoms in total. The molecule has 1 aliphatic heterocycles. The third-order valence-corrected chi connectivity index (χ3v) is 5.65. The number of rotatable bonds is 4. The van der Waals surface area contributed by atoms with E-state index in [1.165, 1.54) is 0 Å². The summed E-state index contributed by atoms with van der Waals surface area (Å²) in [5.74, 6) is -0.188. The van der Waals surface area contributed by atoms with Gasteiger partial charge in [0.05, 0.1) is 11.9 Å². The van der Waals surface area contributed by atoms with Crippen LogP contribution in [0.3, 0.4) is 0 Å². The largest absolute Gasteiger partial charge is 0.377 e. The Labute approximate surface area is 135 Å². The minimum atomic E-state index is -3.75. The fraction of sp³-hybridized carbons (Fsp3) is 0.733. The first-order chi connectivity index (χ1) is 11.1. The van der Waals surface area contributed by atoms with E-state index in [2.05, 4.69) is 9.88 Å². The van der Waals surface area contributed by atoms with E-state index in [0.29, 0.717) is 25.2 Å². The Bertz CT molecular complexity index is 661. The lowest BCUT2D eigenvalue weighted by Gasteiger charge is -2.22. The molecule has 0 radical (unpaired) electrons. The molecule has 1 atom stereocenters. The summed E-state index contributed by atoms with van der Waals surface area (Å²) in [5.41, 5.74) is 0.860. The van der Waals surface area contributed by atoms with Gasteiger partial charge in [-0.1, -0.05) is 11.6 Å². The second-order valence-electron chi connectivity index (χ2n) is 6.19. The maximum Gasteiger partial charge on any atom is 0.287 e. The standard InChI is InChI=1S/C15H22N2O5S/c18-15(14-12-7-2-1-3-8-13(12)22-16-14)17-23(19,20)10-11-6-4-5-9-21-11/h11H,1-10H2,(H,17,18)/t11-/m0/s1. The van der Waals surface area contributed by atoms with Crippen LogP contribution in [0.2, 0.25) is 0 Å². The number of hydrogen-bond acceptors (Lipinski definition) is 6. The Hall–Kier alpha value is -1.41. The summed E-state index contributed by atoms with van der Waals surface area (Å²) in [5, 5.41) is 3.79. The zero-order chi connectivity index (χ0) is 16.3. The normalized spacial score (nSPS) is 22.2. The number of carbonyl (C=O) groups excluding carboxylic acids is 1. The van der Waals surface area contributed by atoms with Gasteiger partial charge in [-0.3, -0.25) is 4.79 Å². The minimum absolute atomic E-state index is 0.107. The van der Waals surface area contributed by atoms with Gasteiger partial charge in [-0.2, -0.15) is 0 Å². The lowest BCUT2D eigenvalue weighted by atomic mass is 10.1. The van der Waals surface area contributed by atoms with Gasteiger partial charge in [-0.25, -0.2) is 13.1 Å². The highest BCUT2D eigenvalue weighted by Gasteiger charge is 2.28. The molecule has 8 heteroatoms. The van der Waals surface area contributed by atoms with Crippen molar-refractivity contribution in [3.63, 3.8) is 0 Å². The van der Waals surface area contributed by atoms with Crippen LogP contribution in [-0.2, 0) is 27.6 Å². The van der Waals surface area contributed by atoms with Crippen LogP contribution in [0.25, 0.3) is 0 Å². The fourth-order valence-corrected chi connectivity index (χ4v) is 4.37. The summed E-state index contributed by atoms with van der Waals surface area (Å²) in [6.07, 6.45) is 6.74. The molecular weight excluding hydrogens is 320 g/mol. The topological polar surface area (TPSA) is 98.5 Å². The van der Waals surface area contributed by atoms with Crippen LogP contribution >= 0.6 is 0 Å². The molecule has 128 valence electrons. The molecule has 23 heavy (non-hydrogen) atoms. The summed E-state index contributed by atoms with van der Waals surface area (Å²) in [6.45, 7) is 0.574. The van der Waals surface area contributed by atoms with E-state index in [4.69, 9.17) is 9.26 Å². The molecule has 0 spiro atoms. The average Bonchev–Trinajstić information content (AvgIpc) is 2.76. The number of hydrogen-bond donors (Lipinski definition) is 1. The zero-order valence-electron chi connectivity index (χ0n) is 13.0. The highest BCUT2D eigenvalue weighted by molar-refractivity contribution is 7.90. The Morgan fingerprint density at radius 1 is 1.17 bits per heavy atom. The van der Waals surface area contributed by atoms with Crippen molar-refractivity contribution >= 4 is 15.9 Å². The summed E-state index contributed by atoms with van der Waals surface area (Å²) < 4.78 is 37.1. The predicted molar refractivity (Wildman–Crippen MR) is 82.6 cm³/mol. The van der Waals surface area contributed by atoms with Crippen molar-refractivity contribution in [1.82, 2.24) is 9.88 Å². The quantitative estimate of drug-likeness (QED) is 0.834. The van der Waals surface area contributed by atoms with Gasteiger partial charge in [0.2, 0.25) is 10.0 Å². The molecular formula is C15H22N2O5S. The monoisotopic (exact) mass is 342 g/mol. The number of nitrogens with one attached hydrogen (secondary N) is 1. The lowest BCUT2D eigenvalue weighted by Crippen LogP contribution is -2.38. The van der Waals surface area contributed by atoms with E-state index in [1.807, 2.05) is 0 Å². The first-order valence-corrected chi connectivity index (χ1v) is 9.84. The summed E-state index contributed by atoms with van der Waals surface area (Å²) in [4.78, 5) is 12.3. The molecule has 0 unspecified atom stereocenters. The van der Waals surface area contributed by atoms with Crippen molar-refractivity contribution in [3.8, 4) is 0 Å². The van der Waals surface area contributed by atoms with E-state index < -0.39 is 15.9 Å². The average molecular weight is 342 g/mol. The Morgan fingerprint density at radius 3 is 2.78 bits per heavy atom. The number of carbonyl (C=O) groups is 1. The van der Waals surface area contributed by atoms with Gasteiger partial charge in [0.15, 0.2) is 5.69 Å². The number of ether oxygens (including phenoxy) is 1. The smallest absolute Gasteiger partial charge is 0.287 e. The van der Waals surface area contributed by atoms with Crippen molar-refractivity contribution in [1.29, 1.82) is 0 Å². The Kier molecular flexibility index (Phi) is 5.01. The third kappa shape index (κ3) is 4.11. The fourth-order valence-electron chi connectivity index (χ4n) is 3.15. The molecule has 2 heterocycles. The highest BCUT2D eigenvalue weighted by Crippen LogP contribution is 2.23.